The Morgan fingerprint density at radius 1 is 1.00 bits per heavy atom. The molecule has 1 heterocycles. The number of halogens is 2. The molecule has 13 heteroatoms. The number of nitrogens with zero attached hydrogens (tertiary/aromatic N) is 3. The van der Waals surface area contributed by atoms with Crippen LogP contribution in [0, 0.1) is 5.92 Å². The van der Waals surface area contributed by atoms with Gasteiger partial charge >= 0.3 is 17.8 Å². The molecule has 0 aliphatic rings. The minimum atomic E-state index is -1.02. The minimum absolute atomic E-state index is 0.0252. The summed E-state index contributed by atoms with van der Waals surface area (Å²) in [6.07, 6.45) is -0.489. The van der Waals surface area contributed by atoms with E-state index in [2.05, 4.69) is 10.3 Å². The number of hydrogen-bond acceptors (Lipinski definition) is 7. The van der Waals surface area contributed by atoms with Gasteiger partial charge in [0, 0.05) is 15.6 Å². The Morgan fingerprint density at radius 3 is 2.15 bits per heavy atom. The molecule has 220 valence electrons. The van der Waals surface area contributed by atoms with E-state index in [1.165, 1.54) is 16.1 Å². The van der Waals surface area contributed by atoms with Crippen molar-refractivity contribution in [2.45, 2.75) is 66.0 Å². The van der Waals surface area contributed by atoms with E-state index in [0.29, 0.717) is 10.0 Å². The molecule has 1 atom stereocenters. The summed E-state index contributed by atoms with van der Waals surface area (Å²) in [4.78, 5) is 55.8. The molecule has 0 spiro atoms. The zero-order valence-electron chi connectivity index (χ0n) is 23.4. The summed E-state index contributed by atoms with van der Waals surface area (Å²) in [5.74, 6) is -1.33. The van der Waals surface area contributed by atoms with Gasteiger partial charge in [-0.2, -0.15) is 4.99 Å². The fraction of sp³-hybridized carbons (Fsp3) is 0.393. The highest BCUT2D eigenvalue weighted by atomic mass is 35.5. The lowest BCUT2D eigenvalue weighted by Crippen LogP contribution is -2.45. The number of aromatic nitrogens is 2. The number of ether oxygens (including phenoxy) is 2. The first-order valence-corrected chi connectivity index (χ1v) is 14.3. The van der Waals surface area contributed by atoms with Gasteiger partial charge in [-0.25, -0.2) is 22.9 Å². The maximum atomic E-state index is 13.4. The van der Waals surface area contributed by atoms with Gasteiger partial charge < -0.3 is 14.8 Å². The Balaban J connectivity index is 1.91. The summed E-state index contributed by atoms with van der Waals surface area (Å²) >= 11 is 12.8. The lowest BCUT2D eigenvalue weighted by atomic mass is 10.0. The average Bonchev–Trinajstić information content (AvgIpc) is 3.15. The van der Waals surface area contributed by atoms with E-state index < -0.39 is 42.0 Å². The summed E-state index contributed by atoms with van der Waals surface area (Å²) in [7, 11) is 0. The number of esters is 1. The van der Waals surface area contributed by atoms with Crippen LogP contribution in [-0.4, -0.2) is 38.1 Å². The van der Waals surface area contributed by atoms with E-state index >= 15 is 0 Å². The quantitative estimate of drug-likeness (QED) is 0.325. The molecule has 2 amide bonds. The molecule has 3 rings (SSSR count). The largest absolute Gasteiger partial charge is 0.444 e. The molecule has 0 aliphatic carbocycles. The standard InChI is InChI=1S/C28H32Cl2N4O6S/c1-17(2)14-22(31-26(37)40-28(3,4)5)24(36)39-16-33-25(32-23(35)19-8-12-21(30)13-9-19)41-34(27(33)38)15-18-6-10-20(29)11-7-18/h6-13,17,22H,14-16H2,1-5H3,(H,31,37). The van der Waals surface area contributed by atoms with E-state index in [0.717, 1.165) is 21.7 Å². The normalized spacial score (nSPS) is 12.7. The first-order valence-electron chi connectivity index (χ1n) is 12.8. The Morgan fingerprint density at radius 2 is 1.59 bits per heavy atom. The molecule has 0 fully saturated rings. The van der Waals surface area contributed by atoms with Crippen LogP contribution < -0.4 is 15.8 Å². The number of benzene rings is 2. The second kappa shape index (κ2) is 14.0. The number of carbonyl (C=O) groups is 3. The van der Waals surface area contributed by atoms with Crippen LogP contribution >= 0.6 is 34.7 Å². The van der Waals surface area contributed by atoms with Gasteiger partial charge in [-0.3, -0.25) is 4.79 Å². The van der Waals surface area contributed by atoms with E-state index in [1.807, 2.05) is 13.8 Å². The number of carbonyl (C=O) groups excluding carboxylic acids is 3. The Hall–Kier alpha value is -3.41. The Kier molecular flexibility index (Phi) is 10.9. The van der Waals surface area contributed by atoms with E-state index in [-0.39, 0.29) is 29.2 Å². The van der Waals surface area contributed by atoms with Gasteiger partial charge in [0.1, 0.15) is 11.6 Å². The number of rotatable bonds is 9. The van der Waals surface area contributed by atoms with Crippen molar-refractivity contribution in [3.05, 3.63) is 85.0 Å². The Bertz CT molecular complexity index is 1500. The van der Waals surface area contributed by atoms with Gasteiger partial charge in [0.25, 0.3) is 5.91 Å². The smallest absolute Gasteiger partial charge is 0.408 e. The number of amides is 2. The Labute approximate surface area is 251 Å². The topological polar surface area (TPSA) is 121 Å². The van der Waals surface area contributed by atoms with Crippen molar-refractivity contribution in [2.24, 2.45) is 10.9 Å². The predicted molar refractivity (Wildman–Crippen MR) is 157 cm³/mol. The fourth-order valence-electron chi connectivity index (χ4n) is 3.56. The second-order valence-electron chi connectivity index (χ2n) is 10.6. The molecule has 0 saturated carbocycles. The van der Waals surface area contributed by atoms with Crippen molar-refractivity contribution in [2.75, 3.05) is 0 Å². The van der Waals surface area contributed by atoms with Crippen molar-refractivity contribution in [3.8, 4) is 0 Å². The minimum Gasteiger partial charge on any atom is -0.444 e. The first kappa shape index (κ1) is 32.1. The summed E-state index contributed by atoms with van der Waals surface area (Å²) in [6.45, 7) is 8.55. The van der Waals surface area contributed by atoms with Crippen LogP contribution in [0.2, 0.25) is 10.0 Å². The van der Waals surface area contributed by atoms with Crippen molar-refractivity contribution >= 4 is 52.7 Å². The third kappa shape index (κ3) is 9.87. The van der Waals surface area contributed by atoms with Crippen LogP contribution in [0.5, 0.6) is 0 Å². The lowest BCUT2D eigenvalue weighted by Gasteiger charge is -2.23. The monoisotopic (exact) mass is 622 g/mol. The first-order chi connectivity index (χ1) is 19.2. The van der Waals surface area contributed by atoms with Gasteiger partial charge in [-0.15, -0.1) is 0 Å². The van der Waals surface area contributed by atoms with Crippen molar-refractivity contribution < 1.29 is 23.9 Å². The second-order valence-corrected chi connectivity index (χ2v) is 12.5. The van der Waals surface area contributed by atoms with Gasteiger partial charge in [-0.05, 0) is 86.6 Å². The highest BCUT2D eigenvalue weighted by molar-refractivity contribution is 7.03. The molecule has 0 bridgehead atoms. The van der Waals surface area contributed by atoms with Gasteiger partial charge in [0.05, 0.1) is 6.54 Å². The molecule has 41 heavy (non-hydrogen) atoms. The molecular formula is C28H32Cl2N4O6S. The summed E-state index contributed by atoms with van der Waals surface area (Å²) in [6, 6.07) is 12.1. The molecule has 0 radical (unpaired) electrons. The van der Waals surface area contributed by atoms with Crippen molar-refractivity contribution in [1.29, 1.82) is 0 Å². The average molecular weight is 624 g/mol. The number of alkyl carbamates (subject to hydrolysis) is 1. The van der Waals surface area contributed by atoms with E-state index in [4.69, 9.17) is 32.7 Å². The molecule has 2 aromatic carbocycles. The molecule has 10 nitrogen and oxygen atoms in total. The lowest BCUT2D eigenvalue weighted by molar-refractivity contribution is -0.150. The molecule has 1 unspecified atom stereocenters. The zero-order chi connectivity index (χ0) is 30.3. The highest BCUT2D eigenvalue weighted by Crippen LogP contribution is 2.13. The number of hydrogen-bond donors (Lipinski definition) is 1. The molecule has 3 aromatic rings. The maximum absolute atomic E-state index is 13.4. The zero-order valence-corrected chi connectivity index (χ0v) is 25.7. The van der Waals surface area contributed by atoms with Crippen LogP contribution in [0.25, 0.3) is 0 Å². The van der Waals surface area contributed by atoms with Crippen LogP contribution in [-0.2, 0) is 27.5 Å². The van der Waals surface area contributed by atoms with Gasteiger partial charge in [0.2, 0.25) is 4.80 Å². The molecule has 0 saturated heterocycles. The van der Waals surface area contributed by atoms with Crippen LogP contribution in [0.4, 0.5) is 4.79 Å². The summed E-state index contributed by atoms with van der Waals surface area (Å²) < 4.78 is 13.2. The molecule has 0 aliphatic heterocycles. The third-order valence-electron chi connectivity index (χ3n) is 5.41. The summed E-state index contributed by atoms with van der Waals surface area (Å²) in [5, 5.41) is 3.55. The van der Waals surface area contributed by atoms with Crippen LogP contribution in [0.3, 0.4) is 0 Å². The van der Waals surface area contributed by atoms with Crippen molar-refractivity contribution in [3.63, 3.8) is 0 Å². The van der Waals surface area contributed by atoms with Gasteiger partial charge in [-0.1, -0.05) is 49.2 Å². The van der Waals surface area contributed by atoms with Crippen LogP contribution in [0.15, 0.2) is 58.3 Å². The SMILES string of the molecule is CC(C)CC(NC(=O)OC(C)(C)C)C(=O)OCn1c(=NC(=O)c2ccc(Cl)cc2)sn(Cc2ccc(Cl)cc2)c1=O. The fourth-order valence-corrected chi connectivity index (χ4v) is 4.75. The molecular weight excluding hydrogens is 591 g/mol. The molecule has 1 aromatic heterocycles. The van der Waals surface area contributed by atoms with E-state index in [9.17, 15) is 19.2 Å². The van der Waals surface area contributed by atoms with Crippen LogP contribution in [0.1, 0.15) is 57.0 Å². The van der Waals surface area contributed by atoms with Crippen molar-refractivity contribution in [1.82, 2.24) is 13.8 Å². The maximum Gasteiger partial charge on any atom is 0.408 e. The molecule has 1 N–H and O–H groups in total. The number of nitrogens with one attached hydrogen (secondary N) is 1. The summed E-state index contributed by atoms with van der Waals surface area (Å²) in [5.41, 5.74) is -0.246. The van der Waals surface area contributed by atoms with E-state index in [1.54, 1.807) is 57.2 Å². The van der Waals surface area contributed by atoms with Gasteiger partial charge in [0.15, 0.2) is 6.73 Å². The third-order valence-corrected chi connectivity index (χ3v) is 6.90. The highest BCUT2D eigenvalue weighted by Gasteiger charge is 2.27. The predicted octanol–water partition coefficient (Wildman–Crippen LogP) is 5.25.